The van der Waals surface area contributed by atoms with Gasteiger partial charge in [-0.3, -0.25) is 0 Å². The Morgan fingerprint density at radius 2 is 1.62 bits per heavy atom. The molecule has 0 saturated heterocycles. The SMILES string of the molecule is C#C.CCCCN(CC)CCc1ccc(CN(CC)c2cccc(OC)c2)s1.Oc1ccc2c(c1)CCCC2. The number of hydrogen-bond acceptors (Lipinski definition) is 5. The van der Waals surface area contributed by atoms with Gasteiger partial charge in [-0.25, -0.2) is 0 Å². The Morgan fingerprint density at radius 3 is 2.31 bits per heavy atom. The molecule has 0 saturated carbocycles. The molecule has 1 heterocycles. The van der Waals surface area contributed by atoms with Crippen LogP contribution in [0.2, 0.25) is 0 Å². The smallest absolute Gasteiger partial charge is 0.120 e. The molecule has 0 unspecified atom stereocenters. The van der Waals surface area contributed by atoms with Crippen LogP contribution < -0.4 is 9.64 Å². The van der Waals surface area contributed by atoms with Crippen LogP contribution in [-0.4, -0.2) is 43.3 Å². The Hall–Kier alpha value is -2.94. The number of phenols is 1. The van der Waals surface area contributed by atoms with Gasteiger partial charge in [-0.1, -0.05) is 32.4 Å². The summed E-state index contributed by atoms with van der Waals surface area (Å²) in [4.78, 5) is 7.90. The molecule has 212 valence electrons. The van der Waals surface area contributed by atoms with Crippen LogP contribution in [0.1, 0.15) is 67.3 Å². The van der Waals surface area contributed by atoms with Crippen LogP contribution in [0.15, 0.2) is 54.6 Å². The molecule has 0 bridgehead atoms. The summed E-state index contributed by atoms with van der Waals surface area (Å²) in [5.74, 6) is 1.32. The molecule has 0 radical (unpaired) electrons. The van der Waals surface area contributed by atoms with Gasteiger partial charge in [-0.15, -0.1) is 24.2 Å². The Balaban J connectivity index is 0.000000338. The van der Waals surface area contributed by atoms with Gasteiger partial charge in [0.15, 0.2) is 0 Å². The van der Waals surface area contributed by atoms with Crippen molar-refractivity contribution in [2.24, 2.45) is 0 Å². The third-order valence-electron chi connectivity index (χ3n) is 7.15. The highest BCUT2D eigenvalue weighted by molar-refractivity contribution is 7.12. The number of benzene rings is 2. The second-order valence-corrected chi connectivity index (χ2v) is 11.0. The Bertz CT molecular complexity index is 1110. The van der Waals surface area contributed by atoms with E-state index in [0.717, 1.165) is 38.2 Å². The predicted molar refractivity (Wildman–Crippen MR) is 169 cm³/mol. The molecule has 1 aliphatic carbocycles. The number of rotatable bonds is 12. The topological polar surface area (TPSA) is 35.9 Å². The monoisotopic (exact) mass is 548 g/mol. The Labute approximate surface area is 241 Å². The Kier molecular flexibility index (Phi) is 15.2. The van der Waals surface area contributed by atoms with E-state index in [1.165, 1.54) is 71.8 Å². The zero-order chi connectivity index (χ0) is 28.5. The molecule has 0 aliphatic heterocycles. The number of phenolic OH excluding ortho intramolecular Hbond substituents is 1. The summed E-state index contributed by atoms with van der Waals surface area (Å²) in [7, 11) is 1.72. The third kappa shape index (κ3) is 11.0. The number of fused-ring (bicyclic) bond motifs is 1. The van der Waals surface area contributed by atoms with E-state index in [0.29, 0.717) is 5.75 Å². The highest BCUT2D eigenvalue weighted by Crippen LogP contribution is 2.26. The minimum atomic E-state index is 0.408. The number of hydrogen-bond donors (Lipinski definition) is 1. The highest BCUT2D eigenvalue weighted by atomic mass is 32.1. The molecular weight excluding hydrogens is 500 g/mol. The number of thiophene rings is 1. The van der Waals surface area contributed by atoms with E-state index in [2.05, 4.69) is 73.7 Å². The van der Waals surface area contributed by atoms with Crippen LogP contribution in [0, 0.1) is 12.8 Å². The van der Waals surface area contributed by atoms with Gasteiger partial charge in [0.25, 0.3) is 0 Å². The fourth-order valence-electron chi connectivity index (χ4n) is 4.82. The lowest BCUT2D eigenvalue weighted by Crippen LogP contribution is -2.26. The zero-order valence-corrected chi connectivity index (χ0v) is 25.3. The summed E-state index contributed by atoms with van der Waals surface area (Å²) in [5, 5.41) is 9.19. The van der Waals surface area contributed by atoms with E-state index in [1.807, 2.05) is 29.5 Å². The number of unbranched alkanes of at least 4 members (excludes halogenated alkanes) is 1. The largest absolute Gasteiger partial charge is 0.508 e. The highest BCUT2D eigenvalue weighted by Gasteiger charge is 2.10. The maximum Gasteiger partial charge on any atom is 0.120 e. The number of nitrogens with zero attached hydrogens (tertiary/aromatic N) is 2. The molecule has 0 spiro atoms. The average Bonchev–Trinajstić information content (AvgIpc) is 3.44. The van der Waals surface area contributed by atoms with E-state index in [9.17, 15) is 5.11 Å². The van der Waals surface area contributed by atoms with Crippen molar-refractivity contribution < 1.29 is 9.84 Å². The van der Waals surface area contributed by atoms with Gasteiger partial charge < -0.3 is 19.6 Å². The first kappa shape index (κ1) is 32.3. The maximum atomic E-state index is 9.19. The number of anilines is 1. The number of aryl methyl sites for hydroxylation is 2. The first-order valence-electron chi connectivity index (χ1n) is 14.4. The fourth-order valence-corrected chi connectivity index (χ4v) is 5.84. The number of likely N-dealkylation sites (N-methyl/N-ethyl adjacent to an activating group) is 1. The van der Waals surface area contributed by atoms with Gasteiger partial charge in [-0.05, 0) is 106 Å². The van der Waals surface area contributed by atoms with Crippen molar-refractivity contribution in [1.82, 2.24) is 4.90 Å². The molecule has 1 aromatic heterocycles. The van der Waals surface area contributed by atoms with Gasteiger partial charge in [0.1, 0.15) is 11.5 Å². The summed E-state index contributed by atoms with van der Waals surface area (Å²) in [6.45, 7) is 12.2. The molecule has 1 aliphatic rings. The summed E-state index contributed by atoms with van der Waals surface area (Å²) in [6, 6.07) is 18.7. The van der Waals surface area contributed by atoms with Crippen LogP contribution in [0.5, 0.6) is 11.5 Å². The number of aromatic hydroxyl groups is 1. The summed E-state index contributed by atoms with van der Waals surface area (Å²) in [6.07, 6.45) is 16.6. The van der Waals surface area contributed by atoms with Gasteiger partial charge >= 0.3 is 0 Å². The molecule has 1 N–H and O–H groups in total. The summed E-state index contributed by atoms with van der Waals surface area (Å²) < 4.78 is 5.37. The summed E-state index contributed by atoms with van der Waals surface area (Å²) >= 11 is 1.96. The van der Waals surface area contributed by atoms with Gasteiger partial charge in [0.2, 0.25) is 0 Å². The fraction of sp³-hybridized carbons (Fsp3) is 0.471. The molecule has 0 amide bonds. The maximum absolute atomic E-state index is 9.19. The quantitative estimate of drug-likeness (QED) is 0.233. The van der Waals surface area contributed by atoms with E-state index in [1.54, 1.807) is 13.2 Å². The van der Waals surface area contributed by atoms with Crippen molar-refractivity contribution in [3.63, 3.8) is 0 Å². The Morgan fingerprint density at radius 1 is 0.872 bits per heavy atom. The first-order chi connectivity index (χ1) is 19.1. The van der Waals surface area contributed by atoms with E-state index in [-0.39, 0.29) is 0 Å². The van der Waals surface area contributed by atoms with Crippen LogP contribution in [0.3, 0.4) is 0 Å². The minimum Gasteiger partial charge on any atom is -0.508 e. The first-order valence-corrected chi connectivity index (χ1v) is 15.2. The lowest BCUT2D eigenvalue weighted by Gasteiger charge is -2.23. The van der Waals surface area contributed by atoms with Crippen molar-refractivity contribution in [2.45, 2.75) is 72.3 Å². The van der Waals surface area contributed by atoms with Gasteiger partial charge in [-0.2, -0.15) is 0 Å². The van der Waals surface area contributed by atoms with E-state index in [4.69, 9.17) is 4.74 Å². The minimum absolute atomic E-state index is 0.408. The second kappa shape index (κ2) is 18.4. The lowest BCUT2D eigenvalue weighted by molar-refractivity contribution is 0.287. The van der Waals surface area contributed by atoms with Crippen molar-refractivity contribution in [2.75, 3.05) is 38.2 Å². The van der Waals surface area contributed by atoms with Gasteiger partial charge in [0.05, 0.1) is 13.7 Å². The lowest BCUT2D eigenvalue weighted by atomic mass is 9.92. The molecule has 39 heavy (non-hydrogen) atoms. The normalized spacial score (nSPS) is 12.0. The molecule has 4 rings (SSSR count). The number of methoxy groups -OCH3 is 1. The van der Waals surface area contributed by atoms with Crippen molar-refractivity contribution in [3.8, 4) is 24.3 Å². The van der Waals surface area contributed by atoms with Crippen molar-refractivity contribution in [3.05, 3.63) is 75.5 Å². The van der Waals surface area contributed by atoms with Crippen LogP contribution in [-0.2, 0) is 25.8 Å². The van der Waals surface area contributed by atoms with E-state index >= 15 is 0 Å². The van der Waals surface area contributed by atoms with Crippen LogP contribution in [0.25, 0.3) is 0 Å². The second-order valence-electron chi connectivity index (χ2n) is 9.78. The average molecular weight is 549 g/mol. The molecule has 0 fully saturated rings. The zero-order valence-electron chi connectivity index (χ0n) is 24.5. The molecular formula is C34H48N2O2S. The van der Waals surface area contributed by atoms with Crippen LogP contribution >= 0.6 is 11.3 Å². The molecule has 5 heteroatoms. The molecule has 0 atom stereocenters. The molecule has 2 aromatic carbocycles. The molecule has 4 nitrogen and oxygen atoms in total. The van der Waals surface area contributed by atoms with Crippen molar-refractivity contribution >= 4 is 17.0 Å². The number of ether oxygens (including phenoxy) is 1. The molecule has 3 aromatic rings. The standard InChI is InChI=1S/C22H34N2OS.C10H12O.C2H2/c1-5-8-15-23(6-2)16-14-21-12-13-22(26-21)18-24(7-3)19-10-9-11-20(17-19)25-4;11-10-6-5-8-3-1-2-4-9(8)7-10;1-2/h9-13,17H,5-8,14-16,18H2,1-4H3;5-7,11H,1-4H2;1-2H. The summed E-state index contributed by atoms with van der Waals surface area (Å²) in [5.41, 5.74) is 3.99. The van der Waals surface area contributed by atoms with E-state index < -0.39 is 0 Å². The van der Waals surface area contributed by atoms with Crippen molar-refractivity contribution in [1.29, 1.82) is 0 Å². The third-order valence-corrected chi connectivity index (χ3v) is 8.28. The predicted octanol–water partition coefficient (Wildman–Crippen LogP) is 7.97. The van der Waals surface area contributed by atoms with Crippen LogP contribution in [0.4, 0.5) is 5.69 Å². The number of terminal acetylenes is 1. The van der Waals surface area contributed by atoms with Gasteiger partial charge in [0, 0.05) is 34.6 Å².